The Kier molecular flexibility index (Phi) is 7.11. The number of amides is 1. The molecule has 2 rings (SSSR count). The molecule has 2 aliphatic heterocycles. The van der Waals surface area contributed by atoms with Gasteiger partial charge in [0.15, 0.2) is 5.96 Å². The number of hydrogen-bond donors (Lipinski definition) is 2. The molecule has 24 heavy (non-hydrogen) atoms. The summed E-state index contributed by atoms with van der Waals surface area (Å²) in [5.74, 6) is 0.438. The lowest BCUT2D eigenvalue weighted by Crippen LogP contribution is -2.49. The van der Waals surface area contributed by atoms with Crippen molar-refractivity contribution in [3.05, 3.63) is 0 Å². The van der Waals surface area contributed by atoms with Gasteiger partial charge in [-0.3, -0.25) is 4.99 Å². The van der Waals surface area contributed by atoms with Gasteiger partial charge in [0.05, 0.1) is 18.8 Å². The number of nitrogens with zero attached hydrogens (tertiary/aromatic N) is 2. The summed E-state index contributed by atoms with van der Waals surface area (Å²) in [6.45, 7) is 5.49. The molecule has 138 valence electrons. The molecule has 0 aromatic heterocycles. The van der Waals surface area contributed by atoms with E-state index in [2.05, 4.69) is 10.3 Å². The number of ether oxygens (including phenoxy) is 3. The molecule has 1 amide bonds. The van der Waals surface area contributed by atoms with Crippen LogP contribution in [0.1, 0.15) is 32.6 Å². The van der Waals surface area contributed by atoms with Crippen molar-refractivity contribution in [3.8, 4) is 0 Å². The second-order valence-corrected chi connectivity index (χ2v) is 6.31. The van der Waals surface area contributed by atoms with E-state index in [1.165, 1.54) is 0 Å². The molecule has 0 saturated carbocycles. The maximum absolute atomic E-state index is 11.7. The number of hydrogen-bond acceptors (Lipinski definition) is 5. The molecule has 0 aromatic carbocycles. The van der Waals surface area contributed by atoms with E-state index in [4.69, 9.17) is 19.9 Å². The van der Waals surface area contributed by atoms with Gasteiger partial charge >= 0.3 is 6.09 Å². The zero-order chi connectivity index (χ0) is 17.4. The van der Waals surface area contributed by atoms with Crippen LogP contribution in [-0.2, 0) is 14.2 Å². The van der Waals surface area contributed by atoms with E-state index in [0.29, 0.717) is 45.4 Å². The number of nitrogens with two attached hydrogens (primary N) is 1. The Morgan fingerprint density at radius 2 is 2.04 bits per heavy atom. The fourth-order valence-corrected chi connectivity index (χ4v) is 3.08. The molecule has 0 bridgehead atoms. The summed E-state index contributed by atoms with van der Waals surface area (Å²) in [6, 6.07) is 0.229. The predicted octanol–water partition coefficient (Wildman–Crippen LogP) is 0.707. The highest BCUT2D eigenvalue weighted by atomic mass is 16.6. The van der Waals surface area contributed by atoms with Gasteiger partial charge in [-0.2, -0.15) is 0 Å². The van der Waals surface area contributed by atoms with Crippen LogP contribution in [0.3, 0.4) is 0 Å². The zero-order valence-corrected chi connectivity index (χ0v) is 14.8. The monoisotopic (exact) mass is 342 g/mol. The second-order valence-electron chi connectivity index (χ2n) is 6.31. The van der Waals surface area contributed by atoms with Crippen molar-refractivity contribution >= 4 is 12.1 Å². The summed E-state index contributed by atoms with van der Waals surface area (Å²) in [5.41, 5.74) is 5.76. The van der Waals surface area contributed by atoms with E-state index in [-0.39, 0.29) is 17.7 Å². The van der Waals surface area contributed by atoms with Crippen LogP contribution in [0.4, 0.5) is 4.79 Å². The average Bonchev–Trinajstić information content (AvgIpc) is 2.61. The van der Waals surface area contributed by atoms with Crippen molar-refractivity contribution < 1.29 is 19.0 Å². The van der Waals surface area contributed by atoms with Crippen LogP contribution < -0.4 is 11.1 Å². The van der Waals surface area contributed by atoms with E-state index in [1.54, 1.807) is 12.0 Å². The molecule has 0 atom stereocenters. The SMILES string of the molecule is CCOC(=O)N1CCC(NC(N)=NCC2(OC)CCOCC2)CC1. The lowest BCUT2D eigenvalue weighted by molar-refractivity contribution is -0.0828. The summed E-state index contributed by atoms with van der Waals surface area (Å²) in [4.78, 5) is 17.9. The molecular formula is C16H30N4O4. The fraction of sp³-hybridized carbons (Fsp3) is 0.875. The molecular weight excluding hydrogens is 312 g/mol. The van der Waals surface area contributed by atoms with Gasteiger partial charge in [0.1, 0.15) is 0 Å². The van der Waals surface area contributed by atoms with E-state index in [0.717, 1.165) is 25.7 Å². The van der Waals surface area contributed by atoms with E-state index in [1.807, 2.05) is 6.92 Å². The lowest BCUT2D eigenvalue weighted by Gasteiger charge is -2.35. The minimum Gasteiger partial charge on any atom is -0.450 e. The van der Waals surface area contributed by atoms with Crippen LogP contribution >= 0.6 is 0 Å². The molecule has 0 aromatic rings. The normalized spacial score (nSPS) is 22.2. The summed E-state index contributed by atoms with van der Waals surface area (Å²) in [5, 5.41) is 3.25. The molecule has 0 spiro atoms. The zero-order valence-electron chi connectivity index (χ0n) is 14.8. The van der Waals surface area contributed by atoms with E-state index < -0.39 is 0 Å². The highest BCUT2D eigenvalue weighted by Crippen LogP contribution is 2.24. The van der Waals surface area contributed by atoms with Crippen LogP contribution in [-0.4, -0.2) is 75.2 Å². The number of carbonyl (C=O) groups excluding carboxylic acids is 1. The maximum Gasteiger partial charge on any atom is 0.409 e. The average molecular weight is 342 g/mol. The number of methoxy groups -OCH3 is 1. The largest absolute Gasteiger partial charge is 0.450 e. The maximum atomic E-state index is 11.7. The van der Waals surface area contributed by atoms with Crippen LogP contribution in [0.25, 0.3) is 0 Å². The summed E-state index contributed by atoms with van der Waals surface area (Å²) < 4.78 is 16.1. The van der Waals surface area contributed by atoms with Crippen molar-refractivity contribution in [3.63, 3.8) is 0 Å². The van der Waals surface area contributed by atoms with Crippen molar-refractivity contribution in [2.45, 2.75) is 44.2 Å². The first-order valence-electron chi connectivity index (χ1n) is 8.69. The minimum absolute atomic E-state index is 0.229. The van der Waals surface area contributed by atoms with Gasteiger partial charge in [-0.1, -0.05) is 0 Å². The molecule has 0 aliphatic carbocycles. The molecule has 2 aliphatic rings. The number of likely N-dealkylation sites (tertiary alicyclic amines) is 1. The van der Waals surface area contributed by atoms with Crippen LogP contribution in [0.5, 0.6) is 0 Å². The Morgan fingerprint density at radius 1 is 1.38 bits per heavy atom. The Hall–Kier alpha value is -1.54. The second kappa shape index (κ2) is 9.08. The van der Waals surface area contributed by atoms with Crippen LogP contribution in [0, 0.1) is 0 Å². The first kappa shape index (κ1) is 18.8. The third-order valence-corrected chi connectivity index (χ3v) is 4.75. The molecule has 8 heteroatoms. The van der Waals surface area contributed by atoms with E-state index in [9.17, 15) is 4.79 Å². The summed E-state index contributed by atoms with van der Waals surface area (Å²) in [7, 11) is 1.72. The number of piperidine rings is 1. The van der Waals surface area contributed by atoms with Crippen molar-refractivity contribution in [1.82, 2.24) is 10.2 Å². The van der Waals surface area contributed by atoms with Crippen molar-refractivity contribution in [2.75, 3.05) is 46.6 Å². The lowest BCUT2D eigenvalue weighted by atomic mass is 9.94. The Labute approximate surface area is 143 Å². The number of nitrogens with one attached hydrogen (secondary N) is 1. The molecule has 8 nitrogen and oxygen atoms in total. The minimum atomic E-state index is -0.266. The number of rotatable bonds is 5. The Bertz CT molecular complexity index is 430. The van der Waals surface area contributed by atoms with Crippen molar-refractivity contribution in [1.29, 1.82) is 0 Å². The molecule has 2 fully saturated rings. The quantitative estimate of drug-likeness (QED) is 0.564. The highest BCUT2D eigenvalue weighted by Gasteiger charge is 2.32. The first-order chi connectivity index (χ1) is 11.6. The first-order valence-corrected chi connectivity index (χ1v) is 8.69. The van der Waals surface area contributed by atoms with Crippen LogP contribution in [0.2, 0.25) is 0 Å². The fourth-order valence-electron chi connectivity index (χ4n) is 3.08. The number of carbonyl (C=O) groups is 1. The Balaban J connectivity index is 1.76. The van der Waals surface area contributed by atoms with Gasteiger partial charge in [0.25, 0.3) is 0 Å². The molecule has 0 unspecified atom stereocenters. The smallest absolute Gasteiger partial charge is 0.409 e. The molecule has 2 saturated heterocycles. The highest BCUT2D eigenvalue weighted by molar-refractivity contribution is 5.78. The van der Waals surface area contributed by atoms with E-state index >= 15 is 0 Å². The van der Waals surface area contributed by atoms with Crippen LogP contribution in [0.15, 0.2) is 4.99 Å². The third kappa shape index (κ3) is 5.24. The summed E-state index contributed by atoms with van der Waals surface area (Å²) >= 11 is 0. The van der Waals surface area contributed by atoms with Gasteiger partial charge in [-0.25, -0.2) is 4.79 Å². The van der Waals surface area contributed by atoms with Gasteiger partial charge in [-0.05, 0) is 19.8 Å². The Morgan fingerprint density at radius 3 is 2.62 bits per heavy atom. The standard InChI is InChI=1S/C16H30N4O4/c1-3-24-15(21)20-8-4-13(5-9-20)19-14(17)18-12-16(22-2)6-10-23-11-7-16/h13H,3-12H2,1-2H3,(H3,17,18,19). The van der Waals surface area contributed by atoms with Gasteiger partial charge < -0.3 is 30.2 Å². The van der Waals surface area contributed by atoms with Gasteiger partial charge in [-0.15, -0.1) is 0 Å². The predicted molar refractivity (Wildman–Crippen MR) is 91.0 cm³/mol. The molecule has 3 N–H and O–H groups in total. The third-order valence-electron chi connectivity index (χ3n) is 4.75. The number of aliphatic imine (C=N–C) groups is 1. The molecule has 0 radical (unpaired) electrons. The van der Waals surface area contributed by atoms with Gasteiger partial charge in [0, 0.05) is 52.3 Å². The topological polar surface area (TPSA) is 98.4 Å². The molecule has 2 heterocycles. The number of guanidine groups is 1. The van der Waals surface area contributed by atoms with Crippen molar-refractivity contribution in [2.24, 2.45) is 10.7 Å². The summed E-state index contributed by atoms with van der Waals surface area (Å²) in [6.07, 6.45) is 3.09. The van der Waals surface area contributed by atoms with Gasteiger partial charge in [0.2, 0.25) is 0 Å².